The second kappa shape index (κ2) is 5.23. The molecule has 0 amide bonds. The molecule has 1 aliphatic rings. The third kappa shape index (κ3) is 3.11. The van der Waals surface area contributed by atoms with Gasteiger partial charge in [0.2, 0.25) is 0 Å². The molecule has 0 aliphatic heterocycles. The zero-order chi connectivity index (χ0) is 12.3. The maximum absolute atomic E-state index is 13.4. The fraction of sp³-hybridized carbons (Fsp3) is 0.538. The van der Waals surface area contributed by atoms with E-state index in [0.717, 1.165) is 12.1 Å². The minimum atomic E-state index is -0.315. The van der Waals surface area contributed by atoms with Gasteiger partial charge in [0, 0.05) is 19.0 Å². The quantitative estimate of drug-likeness (QED) is 0.792. The molecule has 1 fully saturated rings. The Morgan fingerprint density at radius 3 is 2.76 bits per heavy atom. The van der Waals surface area contributed by atoms with E-state index in [1.807, 2.05) is 6.07 Å². The lowest BCUT2D eigenvalue weighted by Gasteiger charge is -2.12. The minimum absolute atomic E-state index is 0.285. The molecule has 0 aromatic heterocycles. The first-order valence-electron chi connectivity index (χ1n) is 5.78. The van der Waals surface area contributed by atoms with Crippen molar-refractivity contribution in [3.63, 3.8) is 0 Å². The van der Waals surface area contributed by atoms with Crippen LogP contribution in [0, 0.1) is 11.2 Å². The molecule has 0 unspecified atom stereocenters. The van der Waals surface area contributed by atoms with E-state index in [-0.39, 0.29) is 11.6 Å². The van der Waals surface area contributed by atoms with Gasteiger partial charge in [-0.15, -0.1) is 11.6 Å². The van der Waals surface area contributed by atoms with Crippen molar-refractivity contribution in [2.24, 2.45) is 5.41 Å². The lowest BCUT2D eigenvalue weighted by atomic mass is 10.1. The van der Waals surface area contributed by atoms with Gasteiger partial charge in [0.15, 0.2) is 11.6 Å². The van der Waals surface area contributed by atoms with Gasteiger partial charge in [0.1, 0.15) is 0 Å². The number of halogens is 2. The highest BCUT2D eigenvalue weighted by Crippen LogP contribution is 2.45. The topological polar surface area (TPSA) is 21.3 Å². The third-order valence-corrected chi connectivity index (χ3v) is 3.85. The van der Waals surface area contributed by atoms with Crippen molar-refractivity contribution in [1.82, 2.24) is 5.32 Å². The van der Waals surface area contributed by atoms with Crippen LogP contribution in [0.3, 0.4) is 0 Å². The maximum atomic E-state index is 13.4. The smallest absolute Gasteiger partial charge is 0.165 e. The summed E-state index contributed by atoms with van der Waals surface area (Å²) in [7, 11) is 1.47. The van der Waals surface area contributed by atoms with Crippen LogP contribution in [0.4, 0.5) is 4.39 Å². The van der Waals surface area contributed by atoms with Crippen molar-refractivity contribution in [1.29, 1.82) is 0 Å². The Hall–Kier alpha value is -0.800. The first kappa shape index (κ1) is 12.7. The van der Waals surface area contributed by atoms with Gasteiger partial charge in [0.05, 0.1) is 7.11 Å². The molecule has 1 aromatic rings. The molecule has 0 heterocycles. The summed E-state index contributed by atoms with van der Waals surface area (Å²) in [6.45, 7) is 1.57. The van der Waals surface area contributed by atoms with Crippen LogP contribution < -0.4 is 10.1 Å². The van der Waals surface area contributed by atoms with Crippen LogP contribution in [0.5, 0.6) is 5.75 Å². The summed E-state index contributed by atoms with van der Waals surface area (Å²) in [5, 5.41) is 3.33. The number of ether oxygens (including phenoxy) is 1. The van der Waals surface area contributed by atoms with E-state index < -0.39 is 0 Å². The number of hydrogen-bond acceptors (Lipinski definition) is 2. The molecule has 17 heavy (non-hydrogen) atoms. The van der Waals surface area contributed by atoms with Crippen LogP contribution in [0.2, 0.25) is 0 Å². The highest BCUT2D eigenvalue weighted by molar-refractivity contribution is 6.18. The number of methoxy groups -OCH3 is 1. The van der Waals surface area contributed by atoms with E-state index in [0.29, 0.717) is 17.8 Å². The number of nitrogens with one attached hydrogen (secondary N) is 1. The molecule has 94 valence electrons. The summed E-state index contributed by atoms with van der Waals surface area (Å²) in [5.41, 5.74) is 1.22. The molecule has 1 saturated carbocycles. The maximum Gasteiger partial charge on any atom is 0.165 e. The van der Waals surface area contributed by atoms with Crippen LogP contribution in [0.25, 0.3) is 0 Å². The summed E-state index contributed by atoms with van der Waals surface area (Å²) >= 11 is 5.89. The first-order valence-corrected chi connectivity index (χ1v) is 6.32. The molecule has 1 N–H and O–H groups in total. The van der Waals surface area contributed by atoms with E-state index in [1.54, 1.807) is 6.07 Å². The predicted molar refractivity (Wildman–Crippen MR) is 67.0 cm³/mol. The molecule has 4 heteroatoms. The highest BCUT2D eigenvalue weighted by Gasteiger charge is 2.41. The zero-order valence-electron chi connectivity index (χ0n) is 9.93. The molecule has 0 radical (unpaired) electrons. The van der Waals surface area contributed by atoms with Crippen molar-refractivity contribution in [2.45, 2.75) is 19.4 Å². The zero-order valence-corrected chi connectivity index (χ0v) is 10.7. The number of benzene rings is 1. The van der Waals surface area contributed by atoms with Crippen LogP contribution >= 0.6 is 11.6 Å². The summed E-state index contributed by atoms with van der Waals surface area (Å²) in [4.78, 5) is 0. The van der Waals surface area contributed by atoms with Crippen molar-refractivity contribution >= 4 is 11.6 Å². The largest absolute Gasteiger partial charge is 0.494 e. The molecule has 1 aromatic carbocycles. The van der Waals surface area contributed by atoms with E-state index in [4.69, 9.17) is 16.3 Å². The molecular formula is C13H17ClFNO. The van der Waals surface area contributed by atoms with Crippen molar-refractivity contribution in [3.05, 3.63) is 29.6 Å². The predicted octanol–water partition coefficient (Wildman–Crippen LogP) is 2.94. The van der Waals surface area contributed by atoms with Gasteiger partial charge in [-0.3, -0.25) is 0 Å². The van der Waals surface area contributed by atoms with Gasteiger partial charge in [-0.1, -0.05) is 6.07 Å². The molecular weight excluding hydrogens is 241 g/mol. The van der Waals surface area contributed by atoms with Crippen LogP contribution in [0.1, 0.15) is 18.4 Å². The average molecular weight is 258 g/mol. The van der Waals surface area contributed by atoms with E-state index in [9.17, 15) is 4.39 Å². The Labute approximate surface area is 106 Å². The summed E-state index contributed by atoms with van der Waals surface area (Å²) in [6, 6.07) is 5.03. The fourth-order valence-corrected chi connectivity index (χ4v) is 2.19. The lowest BCUT2D eigenvalue weighted by Crippen LogP contribution is -2.24. The molecule has 1 aliphatic carbocycles. The summed E-state index contributed by atoms with van der Waals surface area (Å²) in [5.74, 6) is 0.676. The first-order chi connectivity index (χ1) is 8.19. The normalized spacial score (nSPS) is 16.9. The molecule has 0 saturated heterocycles. The molecule has 0 spiro atoms. The van der Waals surface area contributed by atoms with Crippen LogP contribution in [-0.2, 0) is 6.54 Å². The Morgan fingerprint density at radius 2 is 2.24 bits per heavy atom. The number of hydrogen-bond donors (Lipinski definition) is 1. The van der Waals surface area contributed by atoms with Gasteiger partial charge in [0.25, 0.3) is 0 Å². The van der Waals surface area contributed by atoms with Gasteiger partial charge in [-0.25, -0.2) is 4.39 Å². The standard InChI is InChI=1S/C13H17ClFNO/c1-17-12-3-2-10(6-11(12)15)7-16-9-13(8-14)4-5-13/h2-3,6,16H,4-5,7-9H2,1H3. The van der Waals surface area contributed by atoms with Crippen LogP contribution in [-0.4, -0.2) is 19.5 Å². The van der Waals surface area contributed by atoms with Crippen molar-refractivity contribution in [3.8, 4) is 5.75 Å². The van der Waals surface area contributed by atoms with E-state index in [1.165, 1.54) is 26.0 Å². The van der Waals surface area contributed by atoms with E-state index >= 15 is 0 Å². The number of rotatable bonds is 6. The van der Waals surface area contributed by atoms with Gasteiger partial charge in [-0.2, -0.15) is 0 Å². The fourth-order valence-electron chi connectivity index (χ4n) is 1.83. The van der Waals surface area contributed by atoms with E-state index in [2.05, 4.69) is 5.32 Å². The molecule has 2 nitrogen and oxygen atoms in total. The third-order valence-electron chi connectivity index (χ3n) is 3.29. The molecule has 0 bridgehead atoms. The monoisotopic (exact) mass is 257 g/mol. The van der Waals surface area contributed by atoms with Crippen molar-refractivity contribution < 1.29 is 9.13 Å². The molecule has 2 rings (SSSR count). The second-order valence-electron chi connectivity index (χ2n) is 4.71. The lowest BCUT2D eigenvalue weighted by molar-refractivity contribution is 0.386. The average Bonchev–Trinajstić information content (AvgIpc) is 3.10. The Morgan fingerprint density at radius 1 is 1.47 bits per heavy atom. The Bertz CT molecular complexity index is 393. The van der Waals surface area contributed by atoms with Gasteiger partial charge < -0.3 is 10.1 Å². The summed E-state index contributed by atoms with van der Waals surface area (Å²) < 4.78 is 18.3. The SMILES string of the molecule is COc1ccc(CNCC2(CCl)CC2)cc1F. The Balaban J connectivity index is 1.85. The summed E-state index contributed by atoms with van der Waals surface area (Å²) in [6.07, 6.45) is 2.39. The molecule has 0 atom stereocenters. The van der Waals surface area contributed by atoms with Gasteiger partial charge >= 0.3 is 0 Å². The van der Waals surface area contributed by atoms with Gasteiger partial charge in [-0.05, 0) is 36.0 Å². The highest BCUT2D eigenvalue weighted by atomic mass is 35.5. The van der Waals surface area contributed by atoms with Crippen LogP contribution in [0.15, 0.2) is 18.2 Å². The second-order valence-corrected chi connectivity index (χ2v) is 4.97. The van der Waals surface area contributed by atoms with Crippen molar-refractivity contribution in [2.75, 3.05) is 19.5 Å². The minimum Gasteiger partial charge on any atom is -0.494 e. The Kier molecular flexibility index (Phi) is 3.89. The number of alkyl halides is 1.